The van der Waals surface area contributed by atoms with Crippen molar-refractivity contribution in [1.29, 1.82) is 0 Å². The van der Waals surface area contributed by atoms with Crippen molar-refractivity contribution in [2.24, 2.45) is 0 Å². The van der Waals surface area contributed by atoms with Crippen LogP contribution >= 0.6 is 0 Å². The van der Waals surface area contributed by atoms with Crippen LogP contribution in [0.2, 0.25) is 0 Å². The van der Waals surface area contributed by atoms with E-state index in [9.17, 15) is 0 Å². The number of furan rings is 2. The molecular formula is C49H30N2O2. The summed E-state index contributed by atoms with van der Waals surface area (Å²) in [6.45, 7) is 0. The summed E-state index contributed by atoms with van der Waals surface area (Å²) < 4.78 is 13.0. The summed E-state index contributed by atoms with van der Waals surface area (Å²) in [5, 5.41) is 3.12. The summed E-state index contributed by atoms with van der Waals surface area (Å²) in [6, 6.07) is 63.8. The van der Waals surface area contributed by atoms with Crippen molar-refractivity contribution in [2.75, 3.05) is 0 Å². The Bertz CT molecular complexity index is 2940. The Labute approximate surface area is 305 Å². The summed E-state index contributed by atoms with van der Waals surface area (Å²) in [7, 11) is 0. The van der Waals surface area contributed by atoms with Gasteiger partial charge in [-0.05, 0) is 63.7 Å². The molecule has 10 aromatic rings. The number of para-hydroxylation sites is 3. The molecule has 0 saturated heterocycles. The summed E-state index contributed by atoms with van der Waals surface area (Å²) in [5.74, 6) is 1.26. The van der Waals surface area contributed by atoms with Crippen LogP contribution in [-0.4, -0.2) is 9.97 Å². The molecule has 11 rings (SSSR count). The van der Waals surface area contributed by atoms with E-state index in [4.69, 9.17) is 18.8 Å². The monoisotopic (exact) mass is 678 g/mol. The highest BCUT2D eigenvalue weighted by Gasteiger charge is 2.46. The summed E-state index contributed by atoms with van der Waals surface area (Å²) in [6.07, 6.45) is 0. The number of fused-ring (bicyclic) bond motifs is 7. The fourth-order valence-electron chi connectivity index (χ4n) is 8.57. The van der Waals surface area contributed by atoms with Crippen LogP contribution in [0, 0.1) is 0 Å². The molecule has 0 amide bonds. The maximum Gasteiger partial charge on any atom is 0.164 e. The number of rotatable bonds is 5. The number of hydrogen-bond donors (Lipinski definition) is 0. The van der Waals surface area contributed by atoms with Gasteiger partial charge < -0.3 is 8.83 Å². The topological polar surface area (TPSA) is 52.1 Å². The van der Waals surface area contributed by atoms with Gasteiger partial charge in [0.15, 0.2) is 11.6 Å². The third-order valence-corrected chi connectivity index (χ3v) is 10.8. The highest BCUT2D eigenvalue weighted by Crippen LogP contribution is 2.58. The van der Waals surface area contributed by atoms with Crippen molar-refractivity contribution in [1.82, 2.24) is 9.97 Å². The lowest BCUT2D eigenvalue weighted by atomic mass is 9.67. The number of hydrogen-bond acceptors (Lipinski definition) is 4. The molecule has 0 unspecified atom stereocenters. The summed E-state index contributed by atoms with van der Waals surface area (Å²) in [5.41, 5.74) is 12.5. The highest BCUT2D eigenvalue weighted by molar-refractivity contribution is 6.09. The van der Waals surface area contributed by atoms with Crippen LogP contribution in [0.15, 0.2) is 191 Å². The molecule has 3 heterocycles. The van der Waals surface area contributed by atoms with Crippen molar-refractivity contribution in [2.45, 2.75) is 5.41 Å². The van der Waals surface area contributed by atoms with Gasteiger partial charge in [0.25, 0.3) is 0 Å². The van der Waals surface area contributed by atoms with Gasteiger partial charge in [0.05, 0.1) is 16.7 Å². The molecule has 4 heteroatoms. The second-order valence-electron chi connectivity index (χ2n) is 13.6. The molecule has 0 fully saturated rings. The zero-order valence-electron chi connectivity index (χ0n) is 28.5. The van der Waals surface area contributed by atoms with Gasteiger partial charge in [-0.3, -0.25) is 0 Å². The molecule has 1 aliphatic rings. The SMILES string of the molecule is c1ccc(C2(c3ccccc3)c3ccccc3-c3c(-c4cc(-c5cc6ccccc6o5)nc(-c5cccc6c5oc5ccccc56)n4)cccc32)cc1. The largest absolute Gasteiger partial charge is 0.455 e. The predicted octanol–water partition coefficient (Wildman–Crippen LogP) is 12.5. The third-order valence-electron chi connectivity index (χ3n) is 10.8. The fraction of sp³-hybridized carbons (Fsp3) is 0.0204. The first-order valence-corrected chi connectivity index (χ1v) is 17.9. The second kappa shape index (κ2) is 11.5. The normalized spacial score (nSPS) is 13.1. The highest BCUT2D eigenvalue weighted by atomic mass is 16.3. The Kier molecular flexibility index (Phi) is 6.43. The van der Waals surface area contributed by atoms with E-state index < -0.39 is 5.41 Å². The van der Waals surface area contributed by atoms with Gasteiger partial charge in [-0.15, -0.1) is 0 Å². The molecule has 7 aromatic carbocycles. The number of nitrogens with zero attached hydrogens (tertiary/aromatic N) is 2. The first-order valence-electron chi connectivity index (χ1n) is 17.9. The smallest absolute Gasteiger partial charge is 0.164 e. The number of aromatic nitrogens is 2. The van der Waals surface area contributed by atoms with Crippen LogP contribution in [0.1, 0.15) is 22.3 Å². The minimum Gasteiger partial charge on any atom is -0.455 e. The Morgan fingerprint density at radius 1 is 0.415 bits per heavy atom. The van der Waals surface area contributed by atoms with Crippen molar-refractivity contribution in [3.8, 4) is 45.2 Å². The summed E-state index contributed by atoms with van der Waals surface area (Å²) >= 11 is 0. The molecule has 0 saturated carbocycles. The maximum absolute atomic E-state index is 6.52. The van der Waals surface area contributed by atoms with Crippen LogP contribution in [0.5, 0.6) is 0 Å². The van der Waals surface area contributed by atoms with Gasteiger partial charge in [0, 0.05) is 21.7 Å². The van der Waals surface area contributed by atoms with Crippen LogP contribution in [0.4, 0.5) is 0 Å². The second-order valence-corrected chi connectivity index (χ2v) is 13.6. The lowest BCUT2D eigenvalue weighted by molar-refractivity contribution is 0.628. The van der Waals surface area contributed by atoms with Gasteiger partial charge in [-0.2, -0.15) is 0 Å². The zero-order chi connectivity index (χ0) is 34.9. The van der Waals surface area contributed by atoms with E-state index in [2.05, 4.69) is 140 Å². The third kappa shape index (κ3) is 4.36. The maximum atomic E-state index is 6.52. The first kappa shape index (κ1) is 29.7. The van der Waals surface area contributed by atoms with Crippen LogP contribution in [-0.2, 0) is 5.41 Å². The molecule has 0 N–H and O–H groups in total. The Morgan fingerprint density at radius 2 is 1.02 bits per heavy atom. The molecule has 0 bridgehead atoms. The van der Waals surface area contributed by atoms with Gasteiger partial charge >= 0.3 is 0 Å². The van der Waals surface area contributed by atoms with Crippen molar-refractivity contribution in [3.05, 3.63) is 204 Å². The van der Waals surface area contributed by atoms with Crippen LogP contribution in [0.3, 0.4) is 0 Å². The van der Waals surface area contributed by atoms with Crippen molar-refractivity contribution in [3.63, 3.8) is 0 Å². The van der Waals surface area contributed by atoms with Crippen LogP contribution in [0.25, 0.3) is 78.1 Å². The van der Waals surface area contributed by atoms with E-state index >= 15 is 0 Å². The van der Waals surface area contributed by atoms with E-state index in [0.29, 0.717) is 17.3 Å². The van der Waals surface area contributed by atoms with Gasteiger partial charge in [-0.25, -0.2) is 9.97 Å². The Morgan fingerprint density at radius 3 is 1.83 bits per heavy atom. The first-order chi connectivity index (χ1) is 26.3. The molecule has 248 valence electrons. The van der Waals surface area contributed by atoms with Gasteiger partial charge in [0.1, 0.15) is 22.4 Å². The van der Waals surface area contributed by atoms with Crippen LogP contribution < -0.4 is 0 Å². The predicted molar refractivity (Wildman–Crippen MR) is 213 cm³/mol. The lowest BCUT2D eigenvalue weighted by Gasteiger charge is -2.33. The molecule has 0 spiro atoms. The standard InChI is InChI=1S/C49H30N2O2/c1-3-16-32(17-4-1)49(33-18-5-2-6-19-33)39-25-10-8-21-36(39)46-37(23-14-26-40(46)49)41-30-42(45-29-31-15-7-11-27-43(31)52-45)51-48(50-41)38-24-13-22-35-34-20-9-12-28-44(34)53-47(35)38/h1-30H. The van der Waals surface area contributed by atoms with E-state index in [0.717, 1.165) is 55.3 Å². The van der Waals surface area contributed by atoms with Crippen molar-refractivity contribution < 1.29 is 8.83 Å². The quantitative estimate of drug-likeness (QED) is 0.182. The molecule has 1 aliphatic carbocycles. The summed E-state index contributed by atoms with van der Waals surface area (Å²) in [4.78, 5) is 10.6. The minimum absolute atomic E-state index is 0.526. The zero-order valence-corrected chi connectivity index (χ0v) is 28.5. The Balaban J connectivity index is 1.22. The van der Waals surface area contributed by atoms with E-state index in [-0.39, 0.29) is 0 Å². The Hall–Kier alpha value is -7.04. The molecule has 53 heavy (non-hydrogen) atoms. The van der Waals surface area contributed by atoms with Crippen molar-refractivity contribution >= 4 is 32.9 Å². The van der Waals surface area contributed by atoms with Gasteiger partial charge in [-0.1, -0.05) is 152 Å². The average Bonchev–Trinajstić information content (AvgIpc) is 3.92. The molecular weight excluding hydrogens is 649 g/mol. The minimum atomic E-state index is -0.526. The van der Waals surface area contributed by atoms with Gasteiger partial charge in [0.2, 0.25) is 0 Å². The molecule has 0 atom stereocenters. The molecule has 4 nitrogen and oxygen atoms in total. The van der Waals surface area contributed by atoms with E-state index in [1.807, 2.05) is 42.5 Å². The van der Waals surface area contributed by atoms with E-state index in [1.54, 1.807) is 0 Å². The molecule has 0 aliphatic heterocycles. The fourth-order valence-corrected chi connectivity index (χ4v) is 8.57. The average molecular weight is 679 g/mol. The van der Waals surface area contributed by atoms with E-state index in [1.165, 1.54) is 27.8 Å². The lowest BCUT2D eigenvalue weighted by Crippen LogP contribution is -2.28. The molecule has 0 radical (unpaired) electrons. The molecule has 3 aromatic heterocycles. The number of benzene rings is 7.